The van der Waals surface area contributed by atoms with E-state index in [1.165, 1.54) is 12.1 Å². The minimum absolute atomic E-state index is 0.0210. The molecule has 0 aliphatic carbocycles. The van der Waals surface area contributed by atoms with E-state index in [2.05, 4.69) is 9.62 Å². The van der Waals surface area contributed by atoms with Gasteiger partial charge in [-0.2, -0.15) is 5.26 Å². The van der Waals surface area contributed by atoms with Crippen molar-refractivity contribution >= 4 is 10.0 Å². The number of hydrogen-bond acceptors (Lipinski definition) is 5. The highest BCUT2D eigenvalue weighted by Gasteiger charge is 2.27. The summed E-state index contributed by atoms with van der Waals surface area (Å²) in [7, 11) is -3.77. The fraction of sp³-hybridized carbons (Fsp3) is 0.389. The molecule has 0 saturated carbocycles. The molecule has 1 aliphatic heterocycles. The molecule has 1 saturated heterocycles. The minimum atomic E-state index is -3.77. The molecule has 6 nitrogen and oxygen atoms in total. The van der Waals surface area contributed by atoms with Crippen LogP contribution in [0.5, 0.6) is 0 Å². The molecule has 0 unspecified atom stereocenters. The van der Waals surface area contributed by atoms with E-state index in [1.807, 2.05) is 12.1 Å². The van der Waals surface area contributed by atoms with E-state index in [1.54, 1.807) is 12.3 Å². The zero-order chi connectivity index (χ0) is 18.6. The van der Waals surface area contributed by atoms with E-state index in [9.17, 15) is 12.8 Å². The molecule has 1 N–H and O–H groups in total. The van der Waals surface area contributed by atoms with E-state index in [4.69, 9.17) is 9.68 Å². The number of rotatable bonds is 7. The Kier molecular flexibility index (Phi) is 5.71. The lowest BCUT2D eigenvalue weighted by Crippen LogP contribution is -2.37. The molecule has 3 rings (SSSR count). The van der Waals surface area contributed by atoms with Crippen molar-refractivity contribution in [1.29, 1.82) is 5.26 Å². The summed E-state index contributed by atoms with van der Waals surface area (Å²) in [5, 5.41) is 8.90. The van der Waals surface area contributed by atoms with E-state index in [0.717, 1.165) is 32.0 Å². The summed E-state index contributed by atoms with van der Waals surface area (Å²) < 4.78 is 46.8. The zero-order valence-electron chi connectivity index (χ0n) is 14.2. The SMILES string of the molecule is N#Cc1ccc(F)c(CS(=O)(=O)NC[C@H](c2ccco2)N2CCCC2)c1. The van der Waals surface area contributed by atoms with Crippen molar-refractivity contribution in [3.63, 3.8) is 0 Å². The Labute approximate surface area is 152 Å². The van der Waals surface area contributed by atoms with Crippen LogP contribution < -0.4 is 4.72 Å². The van der Waals surface area contributed by atoms with Crippen LogP contribution >= 0.6 is 0 Å². The molecule has 1 aliphatic rings. The van der Waals surface area contributed by atoms with E-state index in [-0.39, 0.29) is 23.7 Å². The third-order valence-electron chi connectivity index (χ3n) is 4.47. The standard InChI is InChI=1S/C18H20FN3O3S/c19-16-6-5-14(11-20)10-15(16)13-26(23,24)21-12-17(18-4-3-9-25-18)22-7-1-2-8-22/h3-6,9-10,17,21H,1-2,7-8,12-13H2/t17-/m1/s1. The lowest BCUT2D eigenvalue weighted by Gasteiger charge is -2.26. The van der Waals surface area contributed by atoms with Crippen LogP contribution in [0.3, 0.4) is 0 Å². The van der Waals surface area contributed by atoms with Crippen molar-refractivity contribution < 1.29 is 17.2 Å². The van der Waals surface area contributed by atoms with E-state index >= 15 is 0 Å². The Balaban J connectivity index is 1.71. The Morgan fingerprint density at radius 2 is 2.08 bits per heavy atom. The summed E-state index contributed by atoms with van der Waals surface area (Å²) in [6, 6.07) is 8.98. The number of nitrogens with zero attached hydrogens (tertiary/aromatic N) is 2. The van der Waals surface area contributed by atoms with Gasteiger partial charge in [-0.25, -0.2) is 17.5 Å². The first-order chi connectivity index (χ1) is 12.5. The van der Waals surface area contributed by atoms with E-state index < -0.39 is 21.6 Å². The molecule has 1 aromatic carbocycles. The van der Waals surface area contributed by atoms with Crippen LogP contribution in [0, 0.1) is 17.1 Å². The van der Waals surface area contributed by atoms with Gasteiger partial charge in [0.2, 0.25) is 10.0 Å². The summed E-state index contributed by atoms with van der Waals surface area (Å²) in [6.07, 6.45) is 3.70. The Morgan fingerprint density at radius 3 is 2.73 bits per heavy atom. The Bertz CT molecular complexity index is 885. The van der Waals surface area contributed by atoms with Gasteiger partial charge in [0.05, 0.1) is 29.7 Å². The first kappa shape index (κ1) is 18.6. The molecule has 1 aromatic heterocycles. The van der Waals surface area contributed by atoms with Crippen molar-refractivity contribution in [3.8, 4) is 6.07 Å². The lowest BCUT2D eigenvalue weighted by molar-refractivity contribution is 0.216. The van der Waals surface area contributed by atoms with Gasteiger partial charge >= 0.3 is 0 Å². The Hall–Kier alpha value is -2.21. The molecule has 1 atom stereocenters. The molecule has 2 heterocycles. The van der Waals surface area contributed by atoms with Gasteiger partial charge in [-0.1, -0.05) is 0 Å². The number of nitrogens with one attached hydrogen (secondary N) is 1. The monoisotopic (exact) mass is 377 g/mol. The van der Waals surface area contributed by atoms with E-state index in [0.29, 0.717) is 5.76 Å². The minimum Gasteiger partial charge on any atom is -0.468 e. The van der Waals surface area contributed by atoms with Crippen LogP contribution in [0.4, 0.5) is 4.39 Å². The van der Waals surface area contributed by atoms with Crippen LogP contribution in [0.25, 0.3) is 0 Å². The van der Waals surface area contributed by atoms with Crippen LogP contribution in [0.1, 0.15) is 35.8 Å². The number of sulfonamides is 1. The maximum atomic E-state index is 13.9. The molecule has 138 valence electrons. The highest BCUT2D eigenvalue weighted by molar-refractivity contribution is 7.88. The number of benzene rings is 1. The maximum Gasteiger partial charge on any atom is 0.215 e. The molecular formula is C18H20FN3O3S. The second-order valence-corrected chi connectivity index (χ2v) is 8.11. The number of nitriles is 1. The average molecular weight is 377 g/mol. The van der Waals surface area contributed by atoms with Gasteiger partial charge in [-0.15, -0.1) is 0 Å². The van der Waals surface area contributed by atoms with Gasteiger partial charge < -0.3 is 4.42 Å². The molecule has 2 aromatic rings. The third kappa shape index (κ3) is 4.49. The fourth-order valence-corrected chi connectivity index (χ4v) is 4.30. The third-order valence-corrected chi connectivity index (χ3v) is 5.77. The molecule has 0 spiro atoms. The quantitative estimate of drug-likeness (QED) is 0.801. The molecular weight excluding hydrogens is 357 g/mol. The topological polar surface area (TPSA) is 86.3 Å². The predicted molar refractivity (Wildman–Crippen MR) is 94.0 cm³/mol. The van der Waals surface area contributed by atoms with Crippen molar-refractivity contribution in [1.82, 2.24) is 9.62 Å². The molecule has 1 fully saturated rings. The second kappa shape index (κ2) is 7.99. The largest absolute Gasteiger partial charge is 0.468 e. The first-order valence-corrected chi connectivity index (χ1v) is 10.1. The molecule has 0 amide bonds. The number of halogens is 1. The van der Waals surface area contributed by atoms with Crippen LogP contribution in [-0.4, -0.2) is 33.0 Å². The molecule has 0 radical (unpaired) electrons. The lowest BCUT2D eigenvalue weighted by atomic mass is 10.1. The van der Waals surface area contributed by atoms with Gasteiger partial charge in [0.25, 0.3) is 0 Å². The van der Waals surface area contributed by atoms with Crippen molar-refractivity contribution in [3.05, 3.63) is 59.3 Å². The smallest absolute Gasteiger partial charge is 0.215 e. The summed E-state index contributed by atoms with van der Waals surface area (Å²) in [6.45, 7) is 1.91. The van der Waals surface area contributed by atoms with Gasteiger partial charge in [0, 0.05) is 12.1 Å². The van der Waals surface area contributed by atoms with Gasteiger partial charge in [-0.3, -0.25) is 4.90 Å². The zero-order valence-corrected chi connectivity index (χ0v) is 15.0. The summed E-state index contributed by atoms with van der Waals surface area (Å²) in [5.41, 5.74) is 0.203. The van der Waals surface area contributed by atoms with Gasteiger partial charge in [0.1, 0.15) is 11.6 Å². The van der Waals surface area contributed by atoms with Gasteiger partial charge in [-0.05, 0) is 56.3 Å². The highest BCUT2D eigenvalue weighted by atomic mass is 32.2. The van der Waals surface area contributed by atoms with Crippen LogP contribution in [0.15, 0.2) is 41.0 Å². The number of furan rings is 1. The van der Waals surface area contributed by atoms with Crippen molar-refractivity contribution in [2.45, 2.75) is 24.6 Å². The molecule has 8 heteroatoms. The summed E-state index contributed by atoms with van der Waals surface area (Å²) in [5.74, 6) is -0.456. The average Bonchev–Trinajstić information content (AvgIpc) is 3.31. The second-order valence-electron chi connectivity index (χ2n) is 6.30. The Morgan fingerprint density at radius 1 is 1.31 bits per heavy atom. The summed E-state index contributed by atoms with van der Waals surface area (Å²) in [4.78, 5) is 2.18. The van der Waals surface area contributed by atoms with Crippen LogP contribution in [0.2, 0.25) is 0 Å². The first-order valence-electron chi connectivity index (χ1n) is 8.42. The van der Waals surface area contributed by atoms with Crippen molar-refractivity contribution in [2.24, 2.45) is 0 Å². The molecule has 26 heavy (non-hydrogen) atoms. The normalized spacial score (nSPS) is 16.5. The van der Waals surface area contributed by atoms with Gasteiger partial charge in [0.15, 0.2) is 0 Å². The number of likely N-dealkylation sites (tertiary alicyclic amines) is 1. The predicted octanol–water partition coefficient (Wildman–Crippen LogP) is 2.55. The maximum absolute atomic E-state index is 13.9. The highest BCUT2D eigenvalue weighted by Crippen LogP contribution is 2.25. The fourth-order valence-electron chi connectivity index (χ4n) is 3.16. The molecule has 0 bridgehead atoms. The number of hydrogen-bond donors (Lipinski definition) is 1. The van der Waals surface area contributed by atoms with Crippen LogP contribution in [-0.2, 0) is 15.8 Å². The van der Waals surface area contributed by atoms with Crippen molar-refractivity contribution in [2.75, 3.05) is 19.6 Å². The summed E-state index contributed by atoms with van der Waals surface area (Å²) >= 11 is 0.